The molecule has 2 unspecified atom stereocenters. The van der Waals surface area contributed by atoms with E-state index in [0.717, 1.165) is 18.7 Å². The van der Waals surface area contributed by atoms with Crippen LogP contribution in [0.4, 0.5) is 0 Å². The topological polar surface area (TPSA) is 30.5 Å². The minimum Gasteiger partial charge on any atom is -0.494 e. The fourth-order valence-electron chi connectivity index (χ4n) is 1.97. The number of rotatable bonds is 8. The van der Waals surface area contributed by atoms with Crippen molar-refractivity contribution >= 4 is 0 Å². The molecule has 1 N–H and O–H groups in total. The molecule has 0 saturated carbocycles. The van der Waals surface area contributed by atoms with Crippen LogP contribution in [0.15, 0.2) is 24.3 Å². The molecule has 1 aromatic rings. The number of hydrogen-bond donors (Lipinski definition) is 1. The summed E-state index contributed by atoms with van der Waals surface area (Å²) in [6.45, 7) is 7.87. The Labute approximate surface area is 110 Å². The summed E-state index contributed by atoms with van der Waals surface area (Å²) in [6.07, 6.45) is 1.22. The van der Waals surface area contributed by atoms with E-state index in [0.29, 0.717) is 12.6 Å². The van der Waals surface area contributed by atoms with Crippen LogP contribution in [0, 0.1) is 0 Å². The molecule has 0 fully saturated rings. The summed E-state index contributed by atoms with van der Waals surface area (Å²) in [5, 5.41) is 3.49. The summed E-state index contributed by atoms with van der Waals surface area (Å²) < 4.78 is 10.8. The molecule has 1 rings (SSSR count). The highest BCUT2D eigenvalue weighted by Crippen LogP contribution is 2.22. The molecule has 3 nitrogen and oxygen atoms in total. The summed E-state index contributed by atoms with van der Waals surface area (Å²) in [5.41, 5.74) is 1.28. The SMILES string of the molecule is CCNC(CC(C)OC)c1ccc(OCC)cc1. The zero-order valence-electron chi connectivity index (χ0n) is 11.9. The van der Waals surface area contributed by atoms with Gasteiger partial charge in [0.2, 0.25) is 0 Å². The molecule has 0 bridgehead atoms. The Balaban J connectivity index is 2.71. The summed E-state index contributed by atoms with van der Waals surface area (Å²) in [4.78, 5) is 0. The first kappa shape index (κ1) is 15.0. The Bertz CT molecular complexity index is 324. The van der Waals surface area contributed by atoms with E-state index in [4.69, 9.17) is 9.47 Å². The van der Waals surface area contributed by atoms with Crippen LogP contribution in [0.2, 0.25) is 0 Å². The van der Waals surface area contributed by atoms with Gasteiger partial charge in [0.15, 0.2) is 0 Å². The third-order valence-electron chi connectivity index (χ3n) is 3.01. The summed E-state index contributed by atoms with van der Waals surface area (Å²) >= 11 is 0. The molecule has 0 aliphatic carbocycles. The predicted octanol–water partition coefficient (Wildman–Crippen LogP) is 3.16. The quantitative estimate of drug-likeness (QED) is 0.770. The Morgan fingerprint density at radius 3 is 2.33 bits per heavy atom. The Morgan fingerprint density at radius 2 is 1.83 bits per heavy atom. The van der Waals surface area contributed by atoms with Crippen LogP contribution in [0.5, 0.6) is 5.75 Å². The third-order valence-corrected chi connectivity index (χ3v) is 3.01. The fraction of sp³-hybridized carbons (Fsp3) is 0.600. The molecule has 1 aromatic carbocycles. The molecule has 102 valence electrons. The number of ether oxygens (including phenoxy) is 2. The van der Waals surface area contributed by atoms with E-state index < -0.39 is 0 Å². The number of nitrogens with one attached hydrogen (secondary N) is 1. The van der Waals surface area contributed by atoms with Gasteiger partial charge in [-0.1, -0.05) is 19.1 Å². The standard InChI is InChI=1S/C15H25NO2/c1-5-16-15(11-12(3)17-4)13-7-9-14(10-8-13)18-6-2/h7-10,12,15-16H,5-6,11H2,1-4H3. The molecular formula is C15H25NO2. The van der Waals surface area contributed by atoms with E-state index in [2.05, 4.69) is 31.3 Å². The highest BCUT2D eigenvalue weighted by molar-refractivity contribution is 5.29. The lowest BCUT2D eigenvalue weighted by Crippen LogP contribution is -2.25. The van der Waals surface area contributed by atoms with Crippen molar-refractivity contribution in [2.75, 3.05) is 20.3 Å². The molecule has 0 spiro atoms. The van der Waals surface area contributed by atoms with E-state index in [-0.39, 0.29) is 6.10 Å². The highest BCUT2D eigenvalue weighted by atomic mass is 16.5. The number of benzene rings is 1. The lowest BCUT2D eigenvalue weighted by Gasteiger charge is -2.21. The number of hydrogen-bond acceptors (Lipinski definition) is 3. The average molecular weight is 251 g/mol. The maximum absolute atomic E-state index is 5.46. The smallest absolute Gasteiger partial charge is 0.119 e. The predicted molar refractivity (Wildman–Crippen MR) is 75.1 cm³/mol. The Morgan fingerprint density at radius 1 is 1.17 bits per heavy atom. The summed E-state index contributed by atoms with van der Waals surface area (Å²) in [7, 11) is 1.76. The zero-order valence-corrected chi connectivity index (χ0v) is 11.9. The van der Waals surface area contributed by atoms with Gasteiger partial charge in [-0.25, -0.2) is 0 Å². The zero-order chi connectivity index (χ0) is 13.4. The molecule has 0 heterocycles. The van der Waals surface area contributed by atoms with Gasteiger partial charge >= 0.3 is 0 Å². The van der Waals surface area contributed by atoms with E-state index >= 15 is 0 Å². The lowest BCUT2D eigenvalue weighted by atomic mass is 10.0. The van der Waals surface area contributed by atoms with Crippen molar-refractivity contribution in [3.63, 3.8) is 0 Å². The third kappa shape index (κ3) is 4.67. The minimum atomic E-state index is 0.251. The number of methoxy groups -OCH3 is 1. The molecule has 0 radical (unpaired) electrons. The van der Waals surface area contributed by atoms with Crippen molar-refractivity contribution < 1.29 is 9.47 Å². The molecule has 0 aliphatic rings. The van der Waals surface area contributed by atoms with E-state index in [9.17, 15) is 0 Å². The van der Waals surface area contributed by atoms with Gasteiger partial charge in [-0.3, -0.25) is 0 Å². The van der Waals surface area contributed by atoms with Crippen LogP contribution in [0.1, 0.15) is 38.8 Å². The second-order valence-corrected chi connectivity index (χ2v) is 4.39. The van der Waals surface area contributed by atoms with Crippen molar-refractivity contribution in [1.82, 2.24) is 5.32 Å². The molecule has 18 heavy (non-hydrogen) atoms. The molecule has 0 aromatic heterocycles. The first-order chi connectivity index (χ1) is 8.71. The summed E-state index contributed by atoms with van der Waals surface area (Å²) in [5.74, 6) is 0.927. The second kappa shape index (κ2) is 8.11. The monoisotopic (exact) mass is 251 g/mol. The van der Waals surface area contributed by atoms with E-state index in [1.54, 1.807) is 7.11 Å². The molecule has 3 heteroatoms. The van der Waals surface area contributed by atoms with Crippen molar-refractivity contribution in [3.8, 4) is 5.75 Å². The molecule has 0 saturated heterocycles. The first-order valence-electron chi connectivity index (χ1n) is 6.70. The molecular weight excluding hydrogens is 226 g/mol. The van der Waals surface area contributed by atoms with E-state index in [1.807, 2.05) is 19.1 Å². The van der Waals surface area contributed by atoms with Gasteiger partial charge in [0.1, 0.15) is 5.75 Å². The molecule has 0 amide bonds. The van der Waals surface area contributed by atoms with Gasteiger partial charge in [0.25, 0.3) is 0 Å². The van der Waals surface area contributed by atoms with Crippen LogP contribution in [0.3, 0.4) is 0 Å². The maximum atomic E-state index is 5.46. The normalized spacial score (nSPS) is 14.2. The van der Waals surface area contributed by atoms with E-state index in [1.165, 1.54) is 5.56 Å². The van der Waals surface area contributed by atoms with Crippen LogP contribution in [0.25, 0.3) is 0 Å². The second-order valence-electron chi connectivity index (χ2n) is 4.39. The van der Waals surface area contributed by atoms with Gasteiger partial charge in [0.05, 0.1) is 12.7 Å². The minimum absolute atomic E-state index is 0.251. The largest absolute Gasteiger partial charge is 0.494 e. The van der Waals surface area contributed by atoms with Gasteiger partial charge < -0.3 is 14.8 Å². The molecule has 2 atom stereocenters. The highest BCUT2D eigenvalue weighted by Gasteiger charge is 2.14. The van der Waals surface area contributed by atoms with Gasteiger partial charge in [-0.2, -0.15) is 0 Å². The Hall–Kier alpha value is -1.06. The lowest BCUT2D eigenvalue weighted by molar-refractivity contribution is 0.101. The van der Waals surface area contributed by atoms with Crippen molar-refractivity contribution in [1.29, 1.82) is 0 Å². The molecule has 0 aliphatic heterocycles. The average Bonchev–Trinajstić information content (AvgIpc) is 2.39. The van der Waals surface area contributed by atoms with Gasteiger partial charge in [0, 0.05) is 13.2 Å². The fourth-order valence-corrected chi connectivity index (χ4v) is 1.97. The van der Waals surface area contributed by atoms with Crippen molar-refractivity contribution in [2.24, 2.45) is 0 Å². The van der Waals surface area contributed by atoms with Gasteiger partial charge in [-0.05, 0) is 44.5 Å². The van der Waals surface area contributed by atoms with Crippen LogP contribution < -0.4 is 10.1 Å². The Kier molecular flexibility index (Phi) is 6.76. The first-order valence-corrected chi connectivity index (χ1v) is 6.70. The van der Waals surface area contributed by atoms with Crippen LogP contribution >= 0.6 is 0 Å². The van der Waals surface area contributed by atoms with Crippen LogP contribution in [-0.4, -0.2) is 26.4 Å². The van der Waals surface area contributed by atoms with Crippen LogP contribution in [-0.2, 0) is 4.74 Å². The van der Waals surface area contributed by atoms with Gasteiger partial charge in [-0.15, -0.1) is 0 Å². The summed E-state index contributed by atoms with van der Waals surface area (Å²) in [6, 6.07) is 8.64. The maximum Gasteiger partial charge on any atom is 0.119 e. The van der Waals surface area contributed by atoms with Crippen molar-refractivity contribution in [3.05, 3.63) is 29.8 Å². The van der Waals surface area contributed by atoms with Crippen molar-refractivity contribution in [2.45, 2.75) is 39.3 Å².